The molecule has 2 heterocycles. The lowest BCUT2D eigenvalue weighted by atomic mass is 9.89. The van der Waals surface area contributed by atoms with Gasteiger partial charge >= 0.3 is 0 Å². The van der Waals surface area contributed by atoms with Crippen molar-refractivity contribution in [3.8, 4) is 0 Å². The van der Waals surface area contributed by atoms with E-state index in [4.69, 9.17) is 62.2 Å². The van der Waals surface area contributed by atoms with Crippen LogP contribution in [0.3, 0.4) is 0 Å². The fraction of sp³-hybridized carbons (Fsp3) is 0.514. The monoisotopic (exact) mass is 783 g/mol. The Morgan fingerprint density at radius 3 is 2.31 bits per heavy atom. The Kier molecular flexibility index (Phi) is 15.1. The molecule has 2 saturated heterocycles. The highest BCUT2D eigenvalue weighted by Gasteiger charge is 2.36. The zero-order valence-electron chi connectivity index (χ0n) is 29.0. The van der Waals surface area contributed by atoms with E-state index in [1.165, 1.54) is 4.90 Å². The number of nitrogens with zero attached hydrogens (tertiary/aromatic N) is 6. The standard InChI is InChI=1S/C35H45Cl4N7O5/c1-43(2)33(47)18-23-5-4-11-46(35(23)49)27-8-12-45(13-9-27)14-10-28(22-6-7-29(38)30(39)17-22)31(42-51-21-32(40)41-50)20-44(3)34(48)24-15-25(36)19-26(37)16-24/h6-7,15-17,19,23,27-28,50H,4-5,8-14,18,20-21H2,1-3H3,(H2,40,41)/b42-31+. The van der Waals surface area contributed by atoms with E-state index in [9.17, 15) is 14.4 Å². The van der Waals surface area contributed by atoms with Crippen molar-refractivity contribution >= 4 is 75.7 Å². The number of likely N-dealkylation sites (tertiary alicyclic amines) is 2. The number of piperidine rings is 2. The zero-order chi connectivity index (χ0) is 37.2. The van der Waals surface area contributed by atoms with Gasteiger partial charge in [-0.15, -0.1) is 0 Å². The summed E-state index contributed by atoms with van der Waals surface area (Å²) in [6, 6.07) is 10.1. The second kappa shape index (κ2) is 19.0. The van der Waals surface area contributed by atoms with E-state index < -0.39 is 0 Å². The van der Waals surface area contributed by atoms with Gasteiger partial charge in [-0.05, 0) is 74.5 Å². The number of benzene rings is 2. The number of amides is 3. The smallest absolute Gasteiger partial charge is 0.254 e. The van der Waals surface area contributed by atoms with Gasteiger partial charge < -0.3 is 35.4 Å². The molecule has 51 heavy (non-hydrogen) atoms. The molecule has 2 aromatic rings. The fourth-order valence-corrected chi connectivity index (χ4v) is 7.40. The Morgan fingerprint density at radius 1 is 1.00 bits per heavy atom. The Morgan fingerprint density at radius 2 is 1.69 bits per heavy atom. The number of carbonyl (C=O) groups excluding carboxylic acids is 3. The Hall–Kier alpha value is -3.29. The molecule has 12 nitrogen and oxygen atoms in total. The molecule has 2 aliphatic rings. The fourth-order valence-electron chi connectivity index (χ4n) is 6.57. The maximum Gasteiger partial charge on any atom is 0.254 e. The Labute approximate surface area is 319 Å². The molecular formula is C35H45Cl4N7O5. The summed E-state index contributed by atoms with van der Waals surface area (Å²) in [6.45, 7) is 2.73. The minimum Gasteiger partial charge on any atom is -0.409 e. The van der Waals surface area contributed by atoms with E-state index in [0.717, 1.165) is 44.3 Å². The van der Waals surface area contributed by atoms with E-state index in [2.05, 4.69) is 15.2 Å². The van der Waals surface area contributed by atoms with Crippen molar-refractivity contribution in [3.63, 3.8) is 0 Å². The third-order valence-corrected chi connectivity index (χ3v) is 10.5. The molecule has 2 fully saturated rings. The van der Waals surface area contributed by atoms with Crippen molar-refractivity contribution < 1.29 is 24.4 Å². The van der Waals surface area contributed by atoms with Gasteiger partial charge in [0.2, 0.25) is 11.8 Å². The predicted octanol–water partition coefficient (Wildman–Crippen LogP) is 5.85. The van der Waals surface area contributed by atoms with Crippen molar-refractivity contribution in [2.24, 2.45) is 22.0 Å². The maximum absolute atomic E-state index is 13.5. The van der Waals surface area contributed by atoms with Crippen LogP contribution in [0.25, 0.3) is 0 Å². The van der Waals surface area contributed by atoms with E-state index >= 15 is 0 Å². The molecule has 2 aliphatic heterocycles. The van der Waals surface area contributed by atoms with Crippen molar-refractivity contribution in [1.29, 1.82) is 0 Å². The van der Waals surface area contributed by atoms with Gasteiger partial charge in [0.15, 0.2) is 12.4 Å². The van der Waals surface area contributed by atoms with Gasteiger partial charge in [-0.2, -0.15) is 0 Å². The molecule has 0 radical (unpaired) electrons. The van der Waals surface area contributed by atoms with Crippen LogP contribution < -0.4 is 5.73 Å². The van der Waals surface area contributed by atoms with Crippen LogP contribution in [0.2, 0.25) is 20.1 Å². The first kappa shape index (κ1) is 40.5. The van der Waals surface area contributed by atoms with Gasteiger partial charge in [0.05, 0.1) is 22.3 Å². The van der Waals surface area contributed by atoms with Crippen molar-refractivity contribution in [2.45, 2.75) is 50.5 Å². The van der Waals surface area contributed by atoms with Crippen LogP contribution in [0.1, 0.15) is 60.4 Å². The van der Waals surface area contributed by atoms with E-state index in [1.54, 1.807) is 56.4 Å². The van der Waals surface area contributed by atoms with E-state index in [0.29, 0.717) is 50.9 Å². The first-order valence-corrected chi connectivity index (χ1v) is 18.3. The van der Waals surface area contributed by atoms with E-state index in [1.807, 2.05) is 11.0 Å². The molecule has 0 aromatic heterocycles. The summed E-state index contributed by atoms with van der Waals surface area (Å²) in [5.74, 6) is -1.09. The Balaban J connectivity index is 1.51. The average molecular weight is 786 g/mol. The number of hydrogen-bond donors (Lipinski definition) is 2. The number of halogens is 4. The summed E-state index contributed by atoms with van der Waals surface area (Å²) in [4.78, 5) is 52.1. The van der Waals surface area contributed by atoms with Gasteiger partial charge in [-0.25, -0.2) is 0 Å². The predicted molar refractivity (Wildman–Crippen MR) is 201 cm³/mol. The zero-order valence-corrected chi connectivity index (χ0v) is 32.1. The second-order valence-electron chi connectivity index (χ2n) is 13.2. The molecule has 0 spiro atoms. The van der Waals surface area contributed by atoms with Crippen LogP contribution in [0.5, 0.6) is 0 Å². The number of hydrogen-bond acceptors (Lipinski definition) is 8. The first-order valence-electron chi connectivity index (χ1n) is 16.8. The first-order chi connectivity index (χ1) is 24.3. The summed E-state index contributed by atoms with van der Waals surface area (Å²) in [7, 11) is 5.07. The van der Waals surface area contributed by atoms with Gasteiger partial charge in [0.1, 0.15) is 0 Å². The molecule has 3 N–H and O–H groups in total. The summed E-state index contributed by atoms with van der Waals surface area (Å²) in [5.41, 5.74) is 7.26. The van der Waals surface area contributed by atoms with Crippen molar-refractivity contribution in [3.05, 3.63) is 67.6 Å². The number of oxime groups is 2. The second-order valence-corrected chi connectivity index (χ2v) is 14.9. The number of nitrogens with two attached hydrogens (primary N) is 1. The summed E-state index contributed by atoms with van der Waals surface area (Å²) < 4.78 is 0. The lowest BCUT2D eigenvalue weighted by Crippen LogP contribution is -2.52. The van der Waals surface area contributed by atoms with Crippen LogP contribution in [-0.2, 0) is 14.4 Å². The van der Waals surface area contributed by atoms with Crippen LogP contribution in [0.4, 0.5) is 0 Å². The molecule has 3 amide bonds. The highest BCUT2D eigenvalue weighted by Crippen LogP contribution is 2.32. The van der Waals surface area contributed by atoms with Crippen molar-refractivity contribution in [2.75, 3.05) is 60.5 Å². The van der Waals surface area contributed by atoms with Gasteiger partial charge in [-0.1, -0.05) is 62.8 Å². The summed E-state index contributed by atoms with van der Waals surface area (Å²) in [5, 5.41) is 17.8. The number of carbonyl (C=O) groups is 3. The van der Waals surface area contributed by atoms with Gasteiger partial charge in [-0.3, -0.25) is 14.4 Å². The molecule has 0 bridgehead atoms. The summed E-state index contributed by atoms with van der Waals surface area (Å²) in [6.07, 6.45) is 4.10. The third kappa shape index (κ3) is 11.3. The molecule has 2 aromatic carbocycles. The van der Waals surface area contributed by atoms with Crippen LogP contribution in [-0.4, -0.2) is 121 Å². The molecule has 2 unspecified atom stereocenters. The maximum atomic E-state index is 13.5. The highest BCUT2D eigenvalue weighted by atomic mass is 35.5. The molecule has 278 valence electrons. The van der Waals surface area contributed by atoms with E-state index in [-0.39, 0.29) is 61.0 Å². The molecule has 0 aliphatic carbocycles. The molecular weight excluding hydrogens is 740 g/mol. The average Bonchev–Trinajstić information content (AvgIpc) is 3.09. The summed E-state index contributed by atoms with van der Waals surface area (Å²) >= 11 is 25.1. The number of amidine groups is 1. The van der Waals surface area contributed by atoms with Crippen LogP contribution in [0.15, 0.2) is 46.7 Å². The van der Waals surface area contributed by atoms with Gasteiger partial charge in [0, 0.05) is 80.7 Å². The quantitative estimate of drug-likeness (QED) is 0.106. The van der Waals surface area contributed by atoms with Gasteiger partial charge in [0.25, 0.3) is 5.91 Å². The molecule has 2 atom stereocenters. The largest absolute Gasteiger partial charge is 0.409 e. The minimum atomic E-state index is -0.373. The normalized spacial score (nSPS) is 18.5. The lowest BCUT2D eigenvalue weighted by Gasteiger charge is -2.42. The van der Waals surface area contributed by atoms with Crippen molar-refractivity contribution in [1.82, 2.24) is 19.6 Å². The molecule has 4 rings (SSSR count). The van der Waals surface area contributed by atoms with Crippen LogP contribution >= 0.6 is 46.4 Å². The SMILES string of the molecule is CN(C)C(=O)CC1CCCN(C2CCN(CCC(/C(CN(C)C(=O)c3cc(Cl)cc(Cl)c3)=N/OC/C(N)=N/O)c3ccc(Cl)c(Cl)c3)CC2)C1=O. The number of rotatable bonds is 14. The molecule has 0 saturated carbocycles. The topological polar surface area (TPSA) is 144 Å². The molecule has 16 heteroatoms. The Bertz CT molecular complexity index is 1600. The lowest BCUT2D eigenvalue weighted by molar-refractivity contribution is -0.146. The highest BCUT2D eigenvalue weighted by molar-refractivity contribution is 6.42. The third-order valence-electron chi connectivity index (χ3n) is 9.36. The minimum absolute atomic E-state index is 0.0238. The van der Waals surface area contributed by atoms with Crippen LogP contribution in [0, 0.1) is 5.92 Å².